The van der Waals surface area contributed by atoms with Crippen LogP contribution in [0, 0.1) is 5.82 Å². The Bertz CT molecular complexity index is 485. The summed E-state index contributed by atoms with van der Waals surface area (Å²) in [6.45, 7) is 0.675. The van der Waals surface area contributed by atoms with Crippen LogP contribution in [0.1, 0.15) is 5.69 Å². The van der Waals surface area contributed by atoms with Gasteiger partial charge in [-0.3, -0.25) is 0 Å². The van der Waals surface area contributed by atoms with Gasteiger partial charge in [-0.15, -0.1) is 0 Å². The maximum Gasteiger partial charge on any atom is 0.165 e. The normalized spacial score (nSPS) is 10.3. The van der Waals surface area contributed by atoms with Crippen LogP contribution in [-0.4, -0.2) is 24.1 Å². The molecule has 0 aliphatic rings. The number of benzene rings is 1. The van der Waals surface area contributed by atoms with E-state index in [0.717, 1.165) is 11.4 Å². The highest BCUT2D eigenvalue weighted by Crippen LogP contribution is 2.24. The lowest BCUT2D eigenvalue weighted by Crippen LogP contribution is -2.16. The van der Waals surface area contributed by atoms with E-state index in [0.29, 0.717) is 6.54 Å². The zero-order valence-corrected chi connectivity index (χ0v) is 9.77. The lowest BCUT2D eigenvalue weighted by Gasteiger charge is -2.19. The lowest BCUT2D eigenvalue weighted by atomic mass is 10.2. The Labute approximate surface area is 99.1 Å². The number of aromatic nitrogens is 2. The molecular weight excluding hydrogens is 221 g/mol. The summed E-state index contributed by atoms with van der Waals surface area (Å²) in [4.78, 5) is 8.95. The Kier molecular flexibility index (Phi) is 3.27. The number of anilines is 1. The average molecular weight is 235 g/mol. The topological polar surface area (TPSA) is 41.1 Å². The molecule has 1 N–H and O–H groups in total. The zero-order valence-electron chi connectivity index (χ0n) is 9.77. The second kappa shape index (κ2) is 4.86. The molecule has 0 spiro atoms. The highest BCUT2D eigenvalue weighted by molar-refractivity contribution is 5.50. The van der Waals surface area contributed by atoms with Crippen LogP contribution in [0.15, 0.2) is 30.7 Å². The van der Waals surface area contributed by atoms with E-state index >= 15 is 0 Å². The number of nitrogens with zero attached hydrogens (tertiary/aromatic N) is 2. The fourth-order valence-electron chi connectivity index (χ4n) is 1.60. The molecule has 1 heterocycles. The number of aromatic amines is 1. The number of hydrogen-bond donors (Lipinski definition) is 1. The molecule has 0 aliphatic carbocycles. The van der Waals surface area contributed by atoms with Crippen LogP contribution in [0.3, 0.4) is 0 Å². The largest absolute Gasteiger partial charge is 0.494 e. The molecule has 0 unspecified atom stereocenters. The van der Waals surface area contributed by atoms with Crippen molar-refractivity contribution in [1.82, 2.24) is 9.97 Å². The van der Waals surface area contributed by atoms with Crippen molar-refractivity contribution in [3.8, 4) is 5.75 Å². The summed E-state index contributed by atoms with van der Waals surface area (Å²) in [6, 6.07) is 4.79. The highest BCUT2D eigenvalue weighted by atomic mass is 19.1. The molecule has 0 atom stereocenters. The minimum Gasteiger partial charge on any atom is -0.494 e. The van der Waals surface area contributed by atoms with Gasteiger partial charge in [0.1, 0.15) is 0 Å². The Morgan fingerprint density at radius 1 is 1.47 bits per heavy atom. The number of methoxy groups -OCH3 is 1. The summed E-state index contributed by atoms with van der Waals surface area (Å²) in [5.74, 6) is -0.106. The van der Waals surface area contributed by atoms with Gasteiger partial charge < -0.3 is 14.6 Å². The SMILES string of the molecule is COc1cc(N(C)Cc2cnc[nH]2)ccc1F. The standard InChI is InChI=1S/C12H14FN3O/c1-16(7-9-6-14-8-15-9)10-3-4-11(13)12(5-10)17-2/h3-6,8H,7H2,1-2H3,(H,14,15). The third-order valence-electron chi connectivity index (χ3n) is 2.54. The molecule has 4 nitrogen and oxygen atoms in total. The second-order valence-electron chi connectivity index (χ2n) is 3.75. The van der Waals surface area contributed by atoms with Gasteiger partial charge in [0.15, 0.2) is 11.6 Å². The van der Waals surface area contributed by atoms with E-state index in [1.807, 2.05) is 11.9 Å². The second-order valence-corrected chi connectivity index (χ2v) is 3.75. The summed E-state index contributed by atoms with van der Waals surface area (Å²) >= 11 is 0. The van der Waals surface area contributed by atoms with Crippen molar-refractivity contribution < 1.29 is 9.13 Å². The van der Waals surface area contributed by atoms with Crippen LogP contribution in [0.25, 0.3) is 0 Å². The first-order chi connectivity index (χ1) is 8.20. The van der Waals surface area contributed by atoms with Gasteiger partial charge in [0.25, 0.3) is 0 Å². The smallest absolute Gasteiger partial charge is 0.165 e. The third-order valence-corrected chi connectivity index (χ3v) is 2.54. The first kappa shape index (κ1) is 11.4. The van der Waals surface area contributed by atoms with Gasteiger partial charge in [-0.1, -0.05) is 0 Å². The minimum atomic E-state index is -0.355. The van der Waals surface area contributed by atoms with Crippen LogP contribution in [0.2, 0.25) is 0 Å². The van der Waals surface area contributed by atoms with Gasteiger partial charge in [0.2, 0.25) is 0 Å². The summed E-state index contributed by atoms with van der Waals surface area (Å²) in [5, 5.41) is 0. The molecule has 2 rings (SSSR count). The van der Waals surface area contributed by atoms with Gasteiger partial charge in [0.05, 0.1) is 25.7 Å². The van der Waals surface area contributed by atoms with Gasteiger partial charge in [0, 0.05) is 25.0 Å². The molecule has 5 heteroatoms. The number of nitrogens with one attached hydrogen (secondary N) is 1. The van der Waals surface area contributed by atoms with Gasteiger partial charge >= 0.3 is 0 Å². The average Bonchev–Trinajstić information content (AvgIpc) is 2.82. The minimum absolute atomic E-state index is 0.249. The van der Waals surface area contributed by atoms with E-state index in [1.165, 1.54) is 13.2 Å². The predicted octanol–water partition coefficient (Wildman–Crippen LogP) is 2.19. The van der Waals surface area contributed by atoms with Crippen molar-refractivity contribution in [2.75, 3.05) is 19.1 Å². The van der Waals surface area contributed by atoms with Crippen molar-refractivity contribution in [3.63, 3.8) is 0 Å². The molecule has 1 aromatic heterocycles. The lowest BCUT2D eigenvalue weighted by molar-refractivity contribution is 0.386. The molecule has 0 saturated heterocycles. The summed E-state index contributed by atoms with van der Waals surface area (Å²) < 4.78 is 18.2. The van der Waals surface area contributed by atoms with E-state index in [4.69, 9.17) is 4.74 Å². The molecule has 0 aliphatic heterocycles. The van der Waals surface area contributed by atoms with Crippen LogP contribution in [-0.2, 0) is 6.54 Å². The fourth-order valence-corrected chi connectivity index (χ4v) is 1.60. The van der Waals surface area contributed by atoms with Crippen LogP contribution in [0.4, 0.5) is 10.1 Å². The maximum atomic E-state index is 13.3. The fraction of sp³-hybridized carbons (Fsp3) is 0.250. The third kappa shape index (κ3) is 2.55. The molecule has 17 heavy (non-hydrogen) atoms. The van der Waals surface area contributed by atoms with Gasteiger partial charge in [-0.25, -0.2) is 9.37 Å². The molecule has 0 bridgehead atoms. The monoisotopic (exact) mass is 235 g/mol. The van der Waals surface area contributed by atoms with E-state index in [1.54, 1.807) is 24.7 Å². The quantitative estimate of drug-likeness (QED) is 0.883. The van der Waals surface area contributed by atoms with Crippen molar-refractivity contribution in [3.05, 3.63) is 42.2 Å². The number of H-pyrrole nitrogens is 1. The number of halogens is 1. The van der Waals surface area contributed by atoms with Crippen LogP contribution in [0.5, 0.6) is 5.75 Å². The first-order valence-corrected chi connectivity index (χ1v) is 5.22. The number of imidazole rings is 1. The number of ether oxygens (including phenoxy) is 1. The molecule has 0 radical (unpaired) electrons. The maximum absolute atomic E-state index is 13.3. The summed E-state index contributed by atoms with van der Waals surface area (Å²) in [7, 11) is 3.38. The molecule has 0 fully saturated rings. The first-order valence-electron chi connectivity index (χ1n) is 5.22. The van der Waals surface area contributed by atoms with Gasteiger partial charge in [-0.05, 0) is 12.1 Å². The van der Waals surface area contributed by atoms with E-state index < -0.39 is 0 Å². The Morgan fingerprint density at radius 2 is 2.29 bits per heavy atom. The van der Waals surface area contributed by atoms with Gasteiger partial charge in [-0.2, -0.15) is 0 Å². The van der Waals surface area contributed by atoms with Crippen molar-refractivity contribution in [2.24, 2.45) is 0 Å². The highest BCUT2D eigenvalue weighted by Gasteiger charge is 2.07. The molecule has 2 aromatic rings. The van der Waals surface area contributed by atoms with E-state index in [9.17, 15) is 4.39 Å². The predicted molar refractivity (Wildman–Crippen MR) is 63.6 cm³/mol. The summed E-state index contributed by atoms with van der Waals surface area (Å²) in [6.07, 6.45) is 3.39. The molecule has 0 amide bonds. The number of rotatable bonds is 4. The Balaban J connectivity index is 2.16. The summed E-state index contributed by atoms with van der Waals surface area (Å²) in [5.41, 5.74) is 1.88. The van der Waals surface area contributed by atoms with Crippen molar-refractivity contribution >= 4 is 5.69 Å². The molecule has 1 aromatic carbocycles. The molecule has 0 saturated carbocycles. The van der Waals surface area contributed by atoms with Crippen molar-refractivity contribution in [1.29, 1.82) is 0 Å². The van der Waals surface area contributed by atoms with Crippen LogP contribution < -0.4 is 9.64 Å². The number of hydrogen-bond acceptors (Lipinski definition) is 3. The Hall–Kier alpha value is -2.04. The van der Waals surface area contributed by atoms with Crippen LogP contribution >= 0.6 is 0 Å². The van der Waals surface area contributed by atoms with E-state index in [2.05, 4.69) is 9.97 Å². The zero-order chi connectivity index (χ0) is 12.3. The Morgan fingerprint density at radius 3 is 2.94 bits per heavy atom. The van der Waals surface area contributed by atoms with Crippen molar-refractivity contribution in [2.45, 2.75) is 6.54 Å². The molecule has 90 valence electrons. The molecular formula is C12H14FN3O. The van der Waals surface area contributed by atoms with E-state index in [-0.39, 0.29) is 11.6 Å².